The number of nitrogens with zero attached hydrogens (tertiary/aromatic N) is 1. The molecule has 4 aromatic carbocycles. The summed E-state index contributed by atoms with van der Waals surface area (Å²) in [5, 5.41) is 13.1. The molecule has 43 heavy (non-hydrogen) atoms. The van der Waals surface area contributed by atoms with E-state index in [0.717, 1.165) is 45.4 Å². The van der Waals surface area contributed by atoms with Crippen molar-refractivity contribution >= 4 is 22.8 Å². The summed E-state index contributed by atoms with van der Waals surface area (Å²) >= 11 is 0. The van der Waals surface area contributed by atoms with Crippen LogP contribution in [0.5, 0.6) is 0 Å². The molecule has 220 valence electrons. The summed E-state index contributed by atoms with van der Waals surface area (Å²) in [4.78, 5) is 24.7. The number of aromatic carboxylic acids is 1. The predicted molar refractivity (Wildman–Crippen MR) is 157 cm³/mol. The van der Waals surface area contributed by atoms with Crippen molar-refractivity contribution in [3.8, 4) is 11.1 Å². The number of carboxylic acid groups (broad SMARTS) is 1. The Kier molecular flexibility index (Phi) is 7.84. The highest BCUT2D eigenvalue weighted by Crippen LogP contribution is 2.32. The van der Waals surface area contributed by atoms with E-state index in [1.807, 2.05) is 44.2 Å². The number of carboxylic acids is 1. The Hall–Kier alpha value is -4.92. The van der Waals surface area contributed by atoms with Crippen LogP contribution >= 0.6 is 0 Å². The molecule has 1 atom stereocenters. The number of nitrogens with one attached hydrogen (secondary N) is 1. The van der Waals surface area contributed by atoms with Crippen LogP contribution in [0.4, 0.5) is 17.6 Å². The molecule has 1 amide bonds. The van der Waals surface area contributed by atoms with E-state index in [1.54, 1.807) is 36.4 Å². The zero-order chi connectivity index (χ0) is 31.1. The van der Waals surface area contributed by atoms with Crippen LogP contribution in [0.3, 0.4) is 0 Å². The van der Waals surface area contributed by atoms with E-state index in [-0.39, 0.29) is 11.1 Å². The largest absolute Gasteiger partial charge is 0.478 e. The molecule has 5 nitrogen and oxygen atoms in total. The standard InChI is InChI=1S/C34H28F4N2O3/c1-19-21(3)40(18-22-8-10-23(11-9-22)27-6-4-5-7-28(27)33(42)43)31-15-12-24(16-29(19)31)32(41)39-20(2)26-14-13-25(17-30(26)35)34(36,37)38/h4-17,20H,18H2,1-3H3,(H,39,41)(H,42,43)/t20-/m1/s1. The van der Waals surface area contributed by atoms with E-state index in [2.05, 4.69) is 9.88 Å². The Morgan fingerprint density at radius 3 is 2.28 bits per heavy atom. The highest BCUT2D eigenvalue weighted by Gasteiger charge is 2.31. The van der Waals surface area contributed by atoms with Gasteiger partial charge in [-0.1, -0.05) is 48.5 Å². The lowest BCUT2D eigenvalue weighted by Crippen LogP contribution is -2.27. The second kappa shape index (κ2) is 11.4. The van der Waals surface area contributed by atoms with Gasteiger partial charge in [-0.15, -0.1) is 0 Å². The number of alkyl halides is 3. The zero-order valence-electron chi connectivity index (χ0n) is 23.6. The third kappa shape index (κ3) is 5.88. The summed E-state index contributed by atoms with van der Waals surface area (Å²) in [5.74, 6) is -2.50. The van der Waals surface area contributed by atoms with Crippen molar-refractivity contribution in [3.63, 3.8) is 0 Å². The van der Waals surface area contributed by atoms with E-state index in [1.165, 1.54) is 6.92 Å². The molecule has 1 aromatic heterocycles. The average Bonchev–Trinajstić information content (AvgIpc) is 3.21. The molecule has 0 aliphatic rings. The number of carbonyl (C=O) groups is 2. The van der Waals surface area contributed by atoms with Crippen LogP contribution in [0.25, 0.3) is 22.0 Å². The number of rotatable bonds is 7. The number of benzene rings is 4. The first-order valence-corrected chi connectivity index (χ1v) is 13.5. The minimum atomic E-state index is -4.66. The third-order valence-corrected chi connectivity index (χ3v) is 7.81. The van der Waals surface area contributed by atoms with Gasteiger partial charge in [-0.2, -0.15) is 13.2 Å². The van der Waals surface area contributed by atoms with Gasteiger partial charge in [0.15, 0.2) is 0 Å². The van der Waals surface area contributed by atoms with Gasteiger partial charge in [-0.05, 0) is 79.4 Å². The number of aryl methyl sites for hydroxylation is 1. The van der Waals surface area contributed by atoms with Crippen molar-refractivity contribution in [1.82, 2.24) is 9.88 Å². The molecule has 0 fully saturated rings. The number of aromatic nitrogens is 1. The van der Waals surface area contributed by atoms with Gasteiger partial charge in [-0.25, -0.2) is 9.18 Å². The third-order valence-electron chi connectivity index (χ3n) is 7.81. The van der Waals surface area contributed by atoms with Crippen LogP contribution in [0.15, 0.2) is 84.9 Å². The lowest BCUT2D eigenvalue weighted by Gasteiger charge is -2.17. The second-order valence-electron chi connectivity index (χ2n) is 10.5. The molecule has 0 spiro atoms. The predicted octanol–water partition coefficient (Wildman–Crippen LogP) is 8.32. The van der Waals surface area contributed by atoms with Crippen molar-refractivity contribution < 1.29 is 32.3 Å². The van der Waals surface area contributed by atoms with Crippen molar-refractivity contribution in [1.29, 1.82) is 0 Å². The fraction of sp³-hybridized carbons (Fsp3) is 0.176. The molecule has 0 unspecified atom stereocenters. The quantitative estimate of drug-likeness (QED) is 0.188. The molecule has 0 aliphatic heterocycles. The van der Waals surface area contributed by atoms with Gasteiger partial charge in [0.25, 0.3) is 5.91 Å². The molecule has 0 saturated heterocycles. The topological polar surface area (TPSA) is 71.3 Å². The molecular weight excluding hydrogens is 560 g/mol. The van der Waals surface area contributed by atoms with E-state index in [4.69, 9.17) is 0 Å². The number of carbonyl (C=O) groups excluding carboxylic acids is 1. The van der Waals surface area contributed by atoms with E-state index in [0.29, 0.717) is 23.7 Å². The molecule has 0 radical (unpaired) electrons. The van der Waals surface area contributed by atoms with Gasteiger partial charge < -0.3 is 15.0 Å². The molecule has 5 aromatic rings. The Morgan fingerprint density at radius 2 is 1.63 bits per heavy atom. The molecule has 5 rings (SSSR count). The first kappa shape index (κ1) is 29.6. The van der Waals surface area contributed by atoms with Crippen molar-refractivity contribution in [2.45, 2.75) is 39.5 Å². The first-order chi connectivity index (χ1) is 20.3. The highest BCUT2D eigenvalue weighted by molar-refractivity contribution is 5.99. The Morgan fingerprint density at radius 1 is 0.930 bits per heavy atom. The Balaban J connectivity index is 1.36. The number of hydrogen-bond donors (Lipinski definition) is 2. The van der Waals surface area contributed by atoms with Gasteiger partial charge in [0, 0.05) is 34.3 Å². The van der Waals surface area contributed by atoms with E-state index < -0.39 is 35.5 Å². The molecular formula is C34H28F4N2O3. The van der Waals surface area contributed by atoms with Crippen molar-refractivity contribution in [2.24, 2.45) is 0 Å². The summed E-state index contributed by atoms with van der Waals surface area (Å²) < 4.78 is 55.3. The second-order valence-corrected chi connectivity index (χ2v) is 10.5. The van der Waals surface area contributed by atoms with Gasteiger partial charge >= 0.3 is 12.1 Å². The van der Waals surface area contributed by atoms with Gasteiger partial charge in [-0.3, -0.25) is 4.79 Å². The molecule has 9 heteroatoms. The minimum Gasteiger partial charge on any atom is -0.478 e. The monoisotopic (exact) mass is 588 g/mol. The van der Waals surface area contributed by atoms with Gasteiger partial charge in [0.2, 0.25) is 0 Å². The molecule has 0 bridgehead atoms. The summed E-state index contributed by atoms with van der Waals surface area (Å²) in [5.41, 5.74) is 4.79. The van der Waals surface area contributed by atoms with Crippen LogP contribution in [0.1, 0.15) is 61.6 Å². The minimum absolute atomic E-state index is 0.0435. The molecule has 0 saturated carbocycles. The Labute approximate surface area is 245 Å². The van der Waals surface area contributed by atoms with Crippen LogP contribution in [0, 0.1) is 19.7 Å². The number of halogens is 4. The maximum Gasteiger partial charge on any atom is 0.416 e. The average molecular weight is 589 g/mol. The number of fused-ring (bicyclic) bond motifs is 1. The molecule has 0 aliphatic carbocycles. The van der Waals surface area contributed by atoms with E-state index in [9.17, 15) is 32.3 Å². The fourth-order valence-electron chi connectivity index (χ4n) is 5.30. The zero-order valence-corrected chi connectivity index (χ0v) is 23.6. The maximum atomic E-state index is 14.5. The van der Waals surface area contributed by atoms with Crippen LogP contribution in [0.2, 0.25) is 0 Å². The van der Waals surface area contributed by atoms with E-state index >= 15 is 0 Å². The Bertz CT molecular complexity index is 1860. The smallest absolute Gasteiger partial charge is 0.416 e. The van der Waals surface area contributed by atoms with Gasteiger partial charge in [0.1, 0.15) is 5.82 Å². The van der Waals surface area contributed by atoms with Gasteiger partial charge in [0.05, 0.1) is 17.2 Å². The van der Waals surface area contributed by atoms with Crippen LogP contribution in [-0.2, 0) is 12.7 Å². The summed E-state index contributed by atoms with van der Waals surface area (Å²) in [6.07, 6.45) is -4.66. The summed E-state index contributed by atoms with van der Waals surface area (Å²) in [6.45, 7) is 6.01. The van der Waals surface area contributed by atoms with Crippen LogP contribution < -0.4 is 5.32 Å². The summed E-state index contributed by atoms with van der Waals surface area (Å²) in [6, 6.07) is 21.2. The SMILES string of the molecule is Cc1c(C)n(Cc2ccc(-c3ccccc3C(=O)O)cc2)c2ccc(C(=O)N[C@H](C)c3ccc(C(F)(F)F)cc3F)cc12. The highest BCUT2D eigenvalue weighted by atomic mass is 19.4. The maximum absolute atomic E-state index is 14.5. The van der Waals surface area contributed by atoms with Crippen molar-refractivity contribution in [2.75, 3.05) is 0 Å². The molecule has 2 N–H and O–H groups in total. The fourth-order valence-corrected chi connectivity index (χ4v) is 5.30. The molecule has 1 heterocycles. The van der Waals surface area contributed by atoms with Crippen LogP contribution in [-0.4, -0.2) is 21.6 Å². The van der Waals surface area contributed by atoms with Crippen molar-refractivity contribution in [3.05, 3.63) is 130 Å². The number of hydrogen-bond acceptors (Lipinski definition) is 2. The number of amides is 1. The lowest BCUT2D eigenvalue weighted by molar-refractivity contribution is -0.137. The lowest BCUT2D eigenvalue weighted by atomic mass is 9.99. The normalized spacial score (nSPS) is 12.3. The first-order valence-electron chi connectivity index (χ1n) is 13.5. The summed E-state index contributed by atoms with van der Waals surface area (Å²) in [7, 11) is 0.